The van der Waals surface area contributed by atoms with Crippen molar-refractivity contribution in [2.75, 3.05) is 0 Å². The molecule has 1 radical (unpaired) electrons. The maximum atomic E-state index is 3.50. The van der Waals surface area contributed by atoms with E-state index in [9.17, 15) is 0 Å². The molecule has 0 bridgehead atoms. The molecular formula is C17H17. The molecule has 2 aliphatic carbocycles. The summed E-state index contributed by atoms with van der Waals surface area (Å²) in [5.74, 6) is 1.03. The number of hydrogen-bond acceptors (Lipinski definition) is 0. The van der Waals surface area contributed by atoms with E-state index in [2.05, 4.69) is 62.4 Å². The molecule has 2 aliphatic rings. The van der Waals surface area contributed by atoms with Crippen molar-refractivity contribution in [3.63, 3.8) is 0 Å². The van der Waals surface area contributed by atoms with Gasteiger partial charge in [0.25, 0.3) is 0 Å². The lowest BCUT2D eigenvalue weighted by Crippen LogP contribution is -2.03. The maximum absolute atomic E-state index is 3.50. The second-order valence-corrected chi connectivity index (χ2v) is 5.07. The van der Waals surface area contributed by atoms with E-state index in [-0.39, 0.29) is 0 Å². The molecule has 0 spiro atoms. The minimum Gasteiger partial charge on any atom is -0.0757 e. The Balaban J connectivity index is 1.99. The summed E-state index contributed by atoms with van der Waals surface area (Å²) in [7, 11) is 0. The standard InChI is InChI=1S/C17H17/c1-12(2)14-8-5-9-16(14)17-11-10-13-6-3-4-7-15(13)17/h3-4,6-7,9-12,17H,5H2,1-2H3. The molecule has 1 unspecified atom stereocenters. The summed E-state index contributed by atoms with van der Waals surface area (Å²) >= 11 is 0. The molecule has 0 fully saturated rings. The predicted molar refractivity (Wildman–Crippen MR) is 72.5 cm³/mol. The van der Waals surface area contributed by atoms with Gasteiger partial charge in [0.05, 0.1) is 0 Å². The van der Waals surface area contributed by atoms with Gasteiger partial charge in [-0.3, -0.25) is 0 Å². The molecule has 0 heterocycles. The number of rotatable bonds is 2. The SMILES string of the molecule is CC(C)C1=[C]CC=C1C1C=Cc2ccccc21. The highest BCUT2D eigenvalue weighted by Gasteiger charge is 2.25. The summed E-state index contributed by atoms with van der Waals surface area (Å²) in [4.78, 5) is 0. The Hall–Kier alpha value is -1.56. The number of fused-ring (bicyclic) bond motifs is 1. The Bertz CT molecular complexity index is 527. The first-order valence-electron chi connectivity index (χ1n) is 6.35. The first-order valence-corrected chi connectivity index (χ1v) is 6.35. The Labute approximate surface area is 103 Å². The Morgan fingerprint density at radius 1 is 1.24 bits per heavy atom. The predicted octanol–water partition coefficient (Wildman–Crippen LogP) is 4.51. The van der Waals surface area contributed by atoms with E-state index in [0.717, 1.165) is 6.42 Å². The highest BCUT2D eigenvalue weighted by molar-refractivity contribution is 5.66. The van der Waals surface area contributed by atoms with Crippen LogP contribution in [-0.2, 0) is 0 Å². The second-order valence-electron chi connectivity index (χ2n) is 5.07. The molecule has 17 heavy (non-hydrogen) atoms. The van der Waals surface area contributed by atoms with E-state index in [1.165, 1.54) is 22.3 Å². The smallest absolute Gasteiger partial charge is 0.0278 e. The van der Waals surface area contributed by atoms with Gasteiger partial charge in [0, 0.05) is 5.92 Å². The number of hydrogen-bond donors (Lipinski definition) is 0. The summed E-state index contributed by atoms with van der Waals surface area (Å²) in [6, 6.07) is 8.69. The lowest BCUT2D eigenvalue weighted by molar-refractivity contribution is 0.760. The normalized spacial score (nSPS) is 21.7. The van der Waals surface area contributed by atoms with Crippen LogP contribution in [0.5, 0.6) is 0 Å². The van der Waals surface area contributed by atoms with Crippen molar-refractivity contribution in [1.82, 2.24) is 0 Å². The Kier molecular flexibility index (Phi) is 2.51. The van der Waals surface area contributed by atoms with E-state index < -0.39 is 0 Å². The molecule has 85 valence electrons. The van der Waals surface area contributed by atoms with Crippen molar-refractivity contribution < 1.29 is 0 Å². The first-order chi connectivity index (χ1) is 8.27. The highest BCUT2D eigenvalue weighted by atomic mass is 14.3. The van der Waals surface area contributed by atoms with Gasteiger partial charge in [0.15, 0.2) is 0 Å². The van der Waals surface area contributed by atoms with Gasteiger partial charge >= 0.3 is 0 Å². The fourth-order valence-electron chi connectivity index (χ4n) is 2.84. The largest absolute Gasteiger partial charge is 0.0757 e. The summed E-state index contributed by atoms with van der Waals surface area (Å²) < 4.78 is 0. The van der Waals surface area contributed by atoms with Gasteiger partial charge in [-0.1, -0.05) is 56.3 Å². The van der Waals surface area contributed by atoms with Crippen LogP contribution in [0.3, 0.4) is 0 Å². The number of benzene rings is 1. The van der Waals surface area contributed by atoms with Gasteiger partial charge in [-0.25, -0.2) is 0 Å². The summed E-state index contributed by atoms with van der Waals surface area (Å²) in [6.45, 7) is 4.51. The van der Waals surface area contributed by atoms with Crippen LogP contribution in [0.2, 0.25) is 0 Å². The third kappa shape index (κ3) is 1.68. The van der Waals surface area contributed by atoms with Gasteiger partial charge in [-0.2, -0.15) is 0 Å². The fourth-order valence-corrected chi connectivity index (χ4v) is 2.84. The van der Waals surface area contributed by atoms with E-state index in [0.29, 0.717) is 11.8 Å². The van der Waals surface area contributed by atoms with E-state index >= 15 is 0 Å². The van der Waals surface area contributed by atoms with Gasteiger partial charge < -0.3 is 0 Å². The third-order valence-corrected chi connectivity index (χ3v) is 3.64. The van der Waals surface area contributed by atoms with Crippen LogP contribution in [0.25, 0.3) is 6.08 Å². The average Bonchev–Trinajstić information content (AvgIpc) is 2.94. The van der Waals surface area contributed by atoms with Crippen LogP contribution in [0.1, 0.15) is 37.3 Å². The molecule has 0 heteroatoms. The van der Waals surface area contributed by atoms with Crippen LogP contribution in [-0.4, -0.2) is 0 Å². The molecule has 3 rings (SSSR count). The molecule has 0 aromatic heterocycles. The van der Waals surface area contributed by atoms with Gasteiger partial charge in [0.1, 0.15) is 0 Å². The van der Waals surface area contributed by atoms with Crippen molar-refractivity contribution in [1.29, 1.82) is 0 Å². The molecule has 1 atom stereocenters. The third-order valence-electron chi connectivity index (χ3n) is 3.64. The average molecular weight is 221 g/mol. The molecule has 1 aromatic carbocycles. The lowest BCUT2D eigenvalue weighted by Gasteiger charge is -2.18. The molecule has 0 saturated carbocycles. The van der Waals surface area contributed by atoms with Crippen LogP contribution in [0.4, 0.5) is 0 Å². The van der Waals surface area contributed by atoms with Crippen molar-refractivity contribution in [2.45, 2.75) is 26.2 Å². The molecule has 0 aliphatic heterocycles. The Morgan fingerprint density at radius 3 is 2.88 bits per heavy atom. The molecule has 1 aromatic rings. The van der Waals surface area contributed by atoms with E-state index in [1.54, 1.807) is 0 Å². The summed E-state index contributed by atoms with van der Waals surface area (Å²) in [5, 5.41) is 0. The van der Waals surface area contributed by atoms with Crippen molar-refractivity contribution in [2.24, 2.45) is 5.92 Å². The van der Waals surface area contributed by atoms with Crippen LogP contribution >= 0.6 is 0 Å². The number of allylic oxidation sites excluding steroid dienone is 5. The molecule has 0 nitrogen and oxygen atoms in total. The van der Waals surface area contributed by atoms with Gasteiger partial charge in [-0.05, 0) is 40.7 Å². The maximum Gasteiger partial charge on any atom is 0.0278 e. The van der Waals surface area contributed by atoms with Gasteiger partial charge in [0.2, 0.25) is 0 Å². The van der Waals surface area contributed by atoms with Crippen molar-refractivity contribution in [3.8, 4) is 0 Å². The molecular weight excluding hydrogens is 204 g/mol. The summed E-state index contributed by atoms with van der Waals surface area (Å²) in [6.07, 6.45) is 11.4. The van der Waals surface area contributed by atoms with Crippen molar-refractivity contribution >= 4 is 6.08 Å². The minimum atomic E-state index is 0.457. The first kappa shape index (κ1) is 10.6. The zero-order valence-electron chi connectivity index (χ0n) is 10.4. The highest BCUT2D eigenvalue weighted by Crippen LogP contribution is 2.42. The molecule has 0 N–H and O–H groups in total. The summed E-state index contributed by atoms with van der Waals surface area (Å²) in [5.41, 5.74) is 5.70. The minimum absolute atomic E-state index is 0.457. The fraction of sp³-hybridized carbons (Fsp3) is 0.294. The van der Waals surface area contributed by atoms with Crippen molar-refractivity contribution in [3.05, 3.63) is 64.8 Å². The second kappa shape index (κ2) is 4.03. The van der Waals surface area contributed by atoms with Crippen LogP contribution < -0.4 is 0 Å². The quantitative estimate of drug-likeness (QED) is 0.689. The van der Waals surface area contributed by atoms with E-state index in [4.69, 9.17) is 0 Å². The lowest BCUT2D eigenvalue weighted by atomic mass is 9.85. The van der Waals surface area contributed by atoms with Crippen LogP contribution in [0.15, 0.2) is 47.6 Å². The molecule has 0 amide bonds. The zero-order chi connectivity index (χ0) is 11.8. The monoisotopic (exact) mass is 221 g/mol. The van der Waals surface area contributed by atoms with E-state index in [1.807, 2.05) is 0 Å². The Morgan fingerprint density at radius 2 is 2.06 bits per heavy atom. The van der Waals surface area contributed by atoms with Crippen LogP contribution in [0, 0.1) is 12.0 Å². The molecule has 0 saturated heterocycles. The topological polar surface area (TPSA) is 0 Å². The van der Waals surface area contributed by atoms with Gasteiger partial charge in [-0.15, -0.1) is 0 Å². The zero-order valence-corrected chi connectivity index (χ0v) is 10.4.